The summed E-state index contributed by atoms with van der Waals surface area (Å²) in [7, 11) is 0. The third-order valence-electron chi connectivity index (χ3n) is 9.47. The zero-order valence-corrected chi connectivity index (χ0v) is 21.2. The van der Waals surface area contributed by atoms with Crippen molar-refractivity contribution < 1.29 is 28.5 Å². The van der Waals surface area contributed by atoms with Gasteiger partial charge in [-0.3, -0.25) is 4.79 Å². The van der Waals surface area contributed by atoms with Gasteiger partial charge in [0.1, 0.15) is 12.2 Å². The quantitative estimate of drug-likeness (QED) is 0.367. The lowest BCUT2D eigenvalue weighted by Gasteiger charge is -2.62. The molecule has 1 aliphatic heterocycles. The molecule has 1 saturated heterocycles. The number of esters is 2. The minimum absolute atomic E-state index is 0.167. The highest BCUT2D eigenvalue weighted by Crippen LogP contribution is 2.61. The van der Waals surface area contributed by atoms with Crippen LogP contribution in [0.1, 0.15) is 91.4 Å². The summed E-state index contributed by atoms with van der Waals surface area (Å²) in [6.45, 7) is 9.81. The maximum atomic E-state index is 13.2. The van der Waals surface area contributed by atoms with Gasteiger partial charge in [-0.1, -0.05) is 20.4 Å². The van der Waals surface area contributed by atoms with Crippen LogP contribution in [0.2, 0.25) is 0 Å². The largest absolute Gasteiger partial charge is 0.460 e. The third-order valence-corrected chi connectivity index (χ3v) is 9.47. The van der Waals surface area contributed by atoms with E-state index in [1.807, 2.05) is 0 Å². The van der Waals surface area contributed by atoms with Gasteiger partial charge < -0.3 is 18.9 Å². The summed E-state index contributed by atoms with van der Waals surface area (Å²) in [5.41, 5.74) is 0.0472. The number of carbonyl (C=O) groups excluding carboxylic acids is 2. The van der Waals surface area contributed by atoms with Gasteiger partial charge in [-0.15, -0.1) is 0 Å². The van der Waals surface area contributed by atoms with Crippen LogP contribution in [0.5, 0.6) is 0 Å². The molecule has 0 aromatic carbocycles. The zero-order chi connectivity index (χ0) is 24.1. The van der Waals surface area contributed by atoms with Crippen molar-refractivity contribution in [2.75, 3.05) is 6.61 Å². The summed E-state index contributed by atoms with van der Waals surface area (Å²) in [6, 6.07) is 0. The van der Waals surface area contributed by atoms with Gasteiger partial charge in [-0.05, 0) is 82.5 Å². The fourth-order valence-corrected chi connectivity index (χ4v) is 7.91. The maximum Gasteiger partial charge on any atom is 0.333 e. The summed E-state index contributed by atoms with van der Waals surface area (Å²) >= 11 is 0. The first-order chi connectivity index (χ1) is 16.2. The molecule has 0 aromatic rings. The molecule has 4 bridgehead atoms. The van der Waals surface area contributed by atoms with E-state index in [1.165, 1.54) is 6.42 Å². The van der Waals surface area contributed by atoms with E-state index in [0.29, 0.717) is 29.7 Å². The number of ether oxygens (including phenoxy) is 4. The van der Waals surface area contributed by atoms with Gasteiger partial charge in [0.25, 0.3) is 0 Å². The molecule has 6 aliphatic rings. The first-order valence-electron chi connectivity index (χ1n) is 13.6. The van der Waals surface area contributed by atoms with Gasteiger partial charge in [-0.2, -0.15) is 0 Å². The van der Waals surface area contributed by atoms with E-state index in [4.69, 9.17) is 18.9 Å². The van der Waals surface area contributed by atoms with Crippen molar-refractivity contribution in [3.63, 3.8) is 0 Å². The van der Waals surface area contributed by atoms with Crippen molar-refractivity contribution >= 4 is 11.9 Å². The molecule has 6 nitrogen and oxygen atoms in total. The van der Waals surface area contributed by atoms with Crippen LogP contribution in [0.3, 0.4) is 0 Å². The number of hydrogen-bond acceptors (Lipinski definition) is 6. The molecule has 190 valence electrons. The Balaban J connectivity index is 1.31. The molecule has 2 atom stereocenters. The molecule has 2 unspecified atom stereocenters. The van der Waals surface area contributed by atoms with Crippen LogP contribution in [0.4, 0.5) is 0 Å². The van der Waals surface area contributed by atoms with Gasteiger partial charge in [0, 0.05) is 23.8 Å². The predicted octanol–water partition coefficient (Wildman–Crippen LogP) is 5.33. The molecule has 5 saturated carbocycles. The topological polar surface area (TPSA) is 71.1 Å². The molecule has 1 heterocycles. The molecule has 0 aromatic heterocycles. The molecule has 0 radical (unpaired) electrons. The normalized spacial score (nSPS) is 40.0. The second kappa shape index (κ2) is 9.24. The Bertz CT molecular complexity index is 782. The monoisotopic (exact) mass is 474 g/mol. The van der Waals surface area contributed by atoms with E-state index < -0.39 is 11.8 Å². The van der Waals surface area contributed by atoms with Crippen molar-refractivity contribution in [1.82, 2.24) is 0 Å². The average molecular weight is 475 g/mol. The summed E-state index contributed by atoms with van der Waals surface area (Å²) in [4.78, 5) is 25.2. The Kier molecular flexibility index (Phi) is 6.60. The van der Waals surface area contributed by atoms with Crippen LogP contribution < -0.4 is 0 Å². The molecule has 6 fully saturated rings. The standard InChI is InChI=1S/C28H42O6/c1-17(2)26(30)31-16-24-14-23(15-25(29)34-27(18(3)4)7-5-6-8-27)32-28(33-24)21-10-19-9-20(12-21)13-22(28)11-19/h18-24H,1,5-16H2,2-4H3. The molecule has 6 rings (SSSR count). The lowest BCUT2D eigenvalue weighted by molar-refractivity contribution is -0.395. The van der Waals surface area contributed by atoms with Crippen molar-refractivity contribution in [2.24, 2.45) is 29.6 Å². The second-order valence-electron chi connectivity index (χ2n) is 12.2. The van der Waals surface area contributed by atoms with E-state index in [-0.39, 0.29) is 36.8 Å². The highest BCUT2D eigenvalue weighted by atomic mass is 16.7. The van der Waals surface area contributed by atoms with Crippen LogP contribution in [0, 0.1) is 29.6 Å². The van der Waals surface area contributed by atoms with Gasteiger partial charge in [0.2, 0.25) is 0 Å². The summed E-state index contributed by atoms with van der Waals surface area (Å²) < 4.78 is 25.2. The van der Waals surface area contributed by atoms with Crippen molar-refractivity contribution in [2.45, 2.75) is 115 Å². The summed E-state index contributed by atoms with van der Waals surface area (Å²) in [6.07, 6.45) is 10.2. The van der Waals surface area contributed by atoms with Gasteiger partial charge in [0.05, 0.1) is 18.6 Å². The van der Waals surface area contributed by atoms with E-state index in [1.54, 1.807) is 6.92 Å². The third kappa shape index (κ3) is 4.45. The van der Waals surface area contributed by atoms with E-state index in [2.05, 4.69) is 20.4 Å². The minimum atomic E-state index is -0.653. The molecule has 0 amide bonds. The molecule has 1 spiro atoms. The van der Waals surface area contributed by atoms with Gasteiger partial charge in [0.15, 0.2) is 5.79 Å². The maximum absolute atomic E-state index is 13.2. The Morgan fingerprint density at radius 2 is 1.53 bits per heavy atom. The highest BCUT2D eigenvalue weighted by molar-refractivity contribution is 5.86. The van der Waals surface area contributed by atoms with Crippen LogP contribution >= 0.6 is 0 Å². The van der Waals surface area contributed by atoms with Crippen molar-refractivity contribution in [3.05, 3.63) is 12.2 Å². The van der Waals surface area contributed by atoms with Crippen molar-refractivity contribution in [3.8, 4) is 0 Å². The second-order valence-corrected chi connectivity index (χ2v) is 12.2. The molecule has 0 N–H and O–H groups in total. The Morgan fingerprint density at radius 3 is 2.09 bits per heavy atom. The zero-order valence-electron chi connectivity index (χ0n) is 21.2. The van der Waals surface area contributed by atoms with E-state index in [9.17, 15) is 9.59 Å². The molecule has 5 aliphatic carbocycles. The SMILES string of the molecule is C=C(C)C(=O)OCC1CC(CC(=O)OC2(C(C)C)CCCC2)OC2(O1)C1CC3CC(C1)CC2C3. The van der Waals surface area contributed by atoms with Crippen LogP contribution in [-0.2, 0) is 28.5 Å². The van der Waals surface area contributed by atoms with Gasteiger partial charge in [-0.25, -0.2) is 4.79 Å². The number of rotatable bonds is 7. The predicted molar refractivity (Wildman–Crippen MR) is 127 cm³/mol. The van der Waals surface area contributed by atoms with E-state index >= 15 is 0 Å². The summed E-state index contributed by atoms with van der Waals surface area (Å²) in [5.74, 6) is 1.36. The van der Waals surface area contributed by atoms with Gasteiger partial charge >= 0.3 is 11.9 Å². The molecular formula is C28H42O6. The lowest BCUT2D eigenvalue weighted by atomic mass is 9.53. The van der Waals surface area contributed by atoms with Crippen LogP contribution in [0.25, 0.3) is 0 Å². The Labute approximate surface area is 204 Å². The lowest BCUT2D eigenvalue weighted by Crippen LogP contribution is -2.65. The fourth-order valence-electron chi connectivity index (χ4n) is 7.91. The number of hydrogen-bond donors (Lipinski definition) is 0. The first kappa shape index (κ1) is 24.3. The van der Waals surface area contributed by atoms with E-state index in [0.717, 1.165) is 63.2 Å². The Morgan fingerprint density at radius 1 is 0.941 bits per heavy atom. The van der Waals surface area contributed by atoms with Crippen LogP contribution in [0.15, 0.2) is 12.2 Å². The smallest absolute Gasteiger partial charge is 0.333 e. The fraction of sp³-hybridized carbons (Fsp3) is 0.857. The summed E-state index contributed by atoms with van der Waals surface area (Å²) in [5, 5.41) is 0. The molecular weight excluding hydrogens is 432 g/mol. The minimum Gasteiger partial charge on any atom is -0.460 e. The van der Waals surface area contributed by atoms with Crippen LogP contribution in [-0.4, -0.2) is 42.1 Å². The first-order valence-corrected chi connectivity index (χ1v) is 13.6. The highest BCUT2D eigenvalue weighted by Gasteiger charge is 2.62. The average Bonchev–Trinajstić information content (AvgIpc) is 3.25. The Hall–Kier alpha value is -1.40. The van der Waals surface area contributed by atoms with Crippen molar-refractivity contribution in [1.29, 1.82) is 0 Å². The number of carbonyl (C=O) groups is 2. The molecule has 6 heteroatoms. The molecule has 34 heavy (non-hydrogen) atoms.